The lowest BCUT2D eigenvalue weighted by Crippen LogP contribution is -2.03. The Morgan fingerprint density at radius 1 is 1.53 bits per heavy atom. The smallest absolute Gasteiger partial charge is 0.369 e. The lowest BCUT2D eigenvalue weighted by atomic mass is 10.3. The van der Waals surface area contributed by atoms with Crippen molar-refractivity contribution in [3.63, 3.8) is 0 Å². The maximum absolute atomic E-state index is 11.3. The molecule has 0 saturated carbocycles. The third-order valence-electron chi connectivity index (χ3n) is 1.40. The summed E-state index contributed by atoms with van der Waals surface area (Å²) in [6.45, 7) is 6.42. The summed E-state index contributed by atoms with van der Waals surface area (Å²) < 4.78 is 5.65. The fourth-order valence-electron chi connectivity index (χ4n) is 0.781. The Kier molecular flexibility index (Phi) is 5.04. The number of thioether (sulfide) groups is 1. The Labute approximate surface area is 97.4 Å². The molecule has 1 aromatic rings. The van der Waals surface area contributed by atoms with Crippen molar-refractivity contribution in [3.8, 4) is 0 Å². The minimum absolute atomic E-state index is 0.336. The number of carbonyl (C=O) groups excluding carboxylic acids is 1. The predicted molar refractivity (Wildman–Crippen MR) is 61.4 cm³/mol. The van der Waals surface area contributed by atoms with E-state index >= 15 is 0 Å². The molecule has 0 aromatic carbocycles. The molecule has 0 aliphatic heterocycles. The Hall–Kier alpha value is -0.620. The van der Waals surface area contributed by atoms with E-state index in [0.717, 1.165) is 10.1 Å². The minimum atomic E-state index is -0.383. The third kappa shape index (κ3) is 4.17. The zero-order chi connectivity index (χ0) is 11.3. The van der Waals surface area contributed by atoms with Crippen molar-refractivity contribution in [2.24, 2.45) is 5.92 Å². The standard InChI is InChI=1S/C9H14N2O2S2/c1-4-13-8(12)7-10-11-9(15-7)14-5-6(2)3/h6H,4-5H2,1-3H3. The van der Waals surface area contributed by atoms with E-state index in [0.29, 0.717) is 17.5 Å². The van der Waals surface area contributed by atoms with Gasteiger partial charge < -0.3 is 4.74 Å². The van der Waals surface area contributed by atoms with E-state index in [4.69, 9.17) is 4.74 Å². The lowest BCUT2D eigenvalue weighted by Gasteiger charge is -1.99. The van der Waals surface area contributed by atoms with Crippen LogP contribution in [0.15, 0.2) is 4.34 Å². The molecule has 15 heavy (non-hydrogen) atoms. The first-order valence-electron chi connectivity index (χ1n) is 4.77. The summed E-state index contributed by atoms with van der Waals surface area (Å²) >= 11 is 2.91. The van der Waals surface area contributed by atoms with Gasteiger partial charge >= 0.3 is 5.97 Å². The topological polar surface area (TPSA) is 52.1 Å². The summed E-state index contributed by atoms with van der Waals surface area (Å²) in [4.78, 5) is 11.3. The second kappa shape index (κ2) is 6.07. The molecular formula is C9H14N2O2S2. The fraction of sp³-hybridized carbons (Fsp3) is 0.667. The van der Waals surface area contributed by atoms with Crippen LogP contribution in [0, 0.1) is 5.92 Å². The number of hydrogen-bond donors (Lipinski definition) is 0. The number of nitrogens with zero attached hydrogens (tertiary/aromatic N) is 2. The van der Waals surface area contributed by atoms with E-state index in [9.17, 15) is 4.79 Å². The zero-order valence-electron chi connectivity index (χ0n) is 9.02. The molecule has 1 heterocycles. The van der Waals surface area contributed by atoms with Crippen molar-refractivity contribution in [1.82, 2.24) is 10.2 Å². The molecule has 0 bridgehead atoms. The van der Waals surface area contributed by atoms with Gasteiger partial charge in [0.2, 0.25) is 5.01 Å². The number of carbonyl (C=O) groups is 1. The molecule has 0 aliphatic carbocycles. The number of ether oxygens (including phenoxy) is 1. The second-order valence-electron chi connectivity index (χ2n) is 3.30. The van der Waals surface area contributed by atoms with E-state index < -0.39 is 0 Å². The number of rotatable bonds is 5. The first-order chi connectivity index (χ1) is 7.13. The van der Waals surface area contributed by atoms with Crippen LogP contribution in [-0.2, 0) is 4.74 Å². The van der Waals surface area contributed by atoms with Crippen LogP contribution in [-0.4, -0.2) is 28.5 Å². The second-order valence-corrected chi connectivity index (χ2v) is 5.54. The van der Waals surface area contributed by atoms with Crippen molar-refractivity contribution in [1.29, 1.82) is 0 Å². The van der Waals surface area contributed by atoms with E-state index in [1.165, 1.54) is 11.3 Å². The van der Waals surface area contributed by atoms with Gasteiger partial charge in [0.05, 0.1) is 6.61 Å². The predicted octanol–water partition coefficient (Wildman–Crippen LogP) is 2.46. The van der Waals surface area contributed by atoms with Gasteiger partial charge in [-0.2, -0.15) is 0 Å². The van der Waals surface area contributed by atoms with Gasteiger partial charge in [-0.3, -0.25) is 0 Å². The number of hydrogen-bond acceptors (Lipinski definition) is 6. The van der Waals surface area contributed by atoms with Gasteiger partial charge in [-0.1, -0.05) is 36.9 Å². The molecule has 1 rings (SSSR count). The molecule has 0 unspecified atom stereocenters. The Morgan fingerprint density at radius 3 is 2.87 bits per heavy atom. The summed E-state index contributed by atoms with van der Waals surface area (Å²) in [5.74, 6) is 1.20. The maximum atomic E-state index is 11.3. The van der Waals surface area contributed by atoms with Crippen molar-refractivity contribution >= 4 is 29.1 Å². The highest BCUT2D eigenvalue weighted by Gasteiger charge is 2.13. The van der Waals surface area contributed by atoms with Crippen molar-refractivity contribution in [2.75, 3.05) is 12.4 Å². The normalized spacial score (nSPS) is 10.7. The Morgan fingerprint density at radius 2 is 2.27 bits per heavy atom. The highest BCUT2D eigenvalue weighted by Crippen LogP contribution is 2.24. The van der Waals surface area contributed by atoms with E-state index in [1.54, 1.807) is 18.7 Å². The summed E-state index contributed by atoms with van der Waals surface area (Å²) in [6, 6.07) is 0. The fourth-order valence-corrected chi connectivity index (χ4v) is 2.50. The molecule has 4 nitrogen and oxygen atoms in total. The van der Waals surface area contributed by atoms with Crippen LogP contribution < -0.4 is 0 Å². The van der Waals surface area contributed by atoms with Crippen LogP contribution in [0.1, 0.15) is 30.6 Å². The molecule has 0 fully saturated rings. The van der Waals surface area contributed by atoms with Crippen molar-refractivity contribution in [3.05, 3.63) is 5.01 Å². The van der Waals surface area contributed by atoms with Crippen LogP contribution in [0.2, 0.25) is 0 Å². The van der Waals surface area contributed by atoms with Gasteiger partial charge in [-0.25, -0.2) is 4.79 Å². The van der Waals surface area contributed by atoms with Crippen LogP contribution in [0.3, 0.4) is 0 Å². The SMILES string of the molecule is CCOC(=O)c1nnc(SCC(C)C)s1. The molecule has 84 valence electrons. The molecule has 0 spiro atoms. The monoisotopic (exact) mass is 246 g/mol. The largest absolute Gasteiger partial charge is 0.461 e. The average Bonchev–Trinajstić information content (AvgIpc) is 2.63. The molecule has 0 aliphatic rings. The molecule has 0 radical (unpaired) electrons. The highest BCUT2D eigenvalue weighted by molar-refractivity contribution is 8.01. The Balaban J connectivity index is 2.52. The Bertz CT molecular complexity index is 326. The molecule has 0 saturated heterocycles. The quantitative estimate of drug-likeness (QED) is 0.590. The van der Waals surface area contributed by atoms with E-state index in [1.807, 2.05) is 0 Å². The first kappa shape index (κ1) is 12.4. The van der Waals surface area contributed by atoms with E-state index in [2.05, 4.69) is 24.0 Å². The molecule has 0 N–H and O–H groups in total. The van der Waals surface area contributed by atoms with Crippen LogP contribution in [0.25, 0.3) is 0 Å². The van der Waals surface area contributed by atoms with Gasteiger partial charge in [0.15, 0.2) is 4.34 Å². The van der Waals surface area contributed by atoms with Gasteiger partial charge in [-0.15, -0.1) is 10.2 Å². The first-order valence-corrected chi connectivity index (χ1v) is 6.57. The van der Waals surface area contributed by atoms with Crippen LogP contribution >= 0.6 is 23.1 Å². The summed E-state index contributed by atoms with van der Waals surface area (Å²) in [7, 11) is 0. The van der Waals surface area contributed by atoms with Gasteiger partial charge in [0.1, 0.15) is 0 Å². The number of esters is 1. The molecule has 1 aromatic heterocycles. The van der Waals surface area contributed by atoms with Crippen molar-refractivity contribution < 1.29 is 9.53 Å². The van der Waals surface area contributed by atoms with Gasteiger partial charge in [0, 0.05) is 5.75 Å². The summed E-state index contributed by atoms with van der Waals surface area (Å²) in [5, 5.41) is 8.04. The van der Waals surface area contributed by atoms with Crippen LogP contribution in [0.5, 0.6) is 0 Å². The van der Waals surface area contributed by atoms with Crippen molar-refractivity contribution in [2.45, 2.75) is 25.1 Å². The van der Waals surface area contributed by atoms with Gasteiger partial charge in [0.25, 0.3) is 0 Å². The number of aromatic nitrogens is 2. The van der Waals surface area contributed by atoms with Gasteiger partial charge in [-0.05, 0) is 12.8 Å². The zero-order valence-corrected chi connectivity index (χ0v) is 10.7. The molecule has 0 amide bonds. The summed E-state index contributed by atoms with van der Waals surface area (Å²) in [5.41, 5.74) is 0. The highest BCUT2D eigenvalue weighted by atomic mass is 32.2. The molecule has 6 heteroatoms. The molecule has 0 atom stereocenters. The minimum Gasteiger partial charge on any atom is -0.461 e. The van der Waals surface area contributed by atoms with Crippen LogP contribution in [0.4, 0.5) is 0 Å². The summed E-state index contributed by atoms with van der Waals surface area (Å²) in [6.07, 6.45) is 0. The molecular weight excluding hydrogens is 232 g/mol. The lowest BCUT2D eigenvalue weighted by molar-refractivity contribution is 0.0525. The maximum Gasteiger partial charge on any atom is 0.369 e. The average molecular weight is 246 g/mol. The third-order valence-corrected chi connectivity index (χ3v) is 3.86. The van der Waals surface area contributed by atoms with E-state index in [-0.39, 0.29) is 5.97 Å².